The van der Waals surface area contributed by atoms with Crippen LogP contribution in [0.25, 0.3) is 0 Å². The zero-order chi connectivity index (χ0) is 22.2. The van der Waals surface area contributed by atoms with Crippen LogP contribution in [0.4, 0.5) is 0 Å². The number of likely N-dealkylation sites (N-methyl/N-ethyl adjacent to an activating group) is 1. The molecule has 8 nitrogen and oxygen atoms in total. The quantitative estimate of drug-likeness (QED) is 0.516. The lowest BCUT2D eigenvalue weighted by Crippen LogP contribution is -2.31. The van der Waals surface area contributed by atoms with Crippen molar-refractivity contribution >= 4 is 17.4 Å². The number of methoxy groups -OCH3 is 2. The monoisotopic (exact) mass is 442 g/mol. The molecule has 2 aromatic carbocycles. The average molecular weight is 443 g/mol. The second-order valence-corrected chi connectivity index (χ2v) is 7.75. The Morgan fingerprint density at radius 3 is 2.68 bits per heavy atom. The van der Waals surface area contributed by atoms with Crippen LogP contribution in [0.1, 0.15) is 21.7 Å². The molecule has 0 aliphatic heterocycles. The number of nitrogens with zero attached hydrogens (tertiary/aromatic N) is 3. The van der Waals surface area contributed by atoms with E-state index in [4.69, 9.17) is 14.2 Å². The van der Waals surface area contributed by atoms with E-state index in [1.54, 1.807) is 32.4 Å². The first-order chi connectivity index (χ1) is 15.0. The molecule has 3 aromatic rings. The Bertz CT molecular complexity index is 1020. The number of carbonyl (C=O) groups is 1. The van der Waals surface area contributed by atoms with E-state index in [9.17, 15) is 4.79 Å². The number of nitrogens with one attached hydrogen (secondary N) is 1. The van der Waals surface area contributed by atoms with Gasteiger partial charge in [0.2, 0.25) is 0 Å². The molecule has 0 saturated heterocycles. The van der Waals surface area contributed by atoms with Crippen LogP contribution >= 0.6 is 11.5 Å². The van der Waals surface area contributed by atoms with E-state index < -0.39 is 0 Å². The van der Waals surface area contributed by atoms with Crippen LogP contribution in [-0.2, 0) is 6.42 Å². The summed E-state index contributed by atoms with van der Waals surface area (Å²) >= 11 is 1.15. The van der Waals surface area contributed by atoms with Crippen molar-refractivity contribution in [3.05, 3.63) is 59.4 Å². The third kappa shape index (κ3) is 6.40. The Hall–Kier alpha value is -3.17. The summed E-state index contributed by atoms with van der Waals surface area (Å²) in [6.45, 7) is 1.31. The molecule has 9 heteroatoms. The van der Waals surface area contributed by atoms with E-state index in [0.717, 1.165) is 29.4 Å². The molecule has 1 aromatic heterocycles. The van der Waals surface area contributed by atoms with Crippen LogP contribution in [0.5, 0.6) is 22.4 Å². The third-order valence-corrected chi connectivity index (χ3v) is 5.05. The molecule has 164 valence electrons. The summed E-state index contributed by atoms with van der Waals surface area (Å²) in [6.07, 6.45) is 0.558. The summed E-state index contributed by atoms with van der Waals surface area (Å²) in [5.41, 5.74) is 1.52. The first-order valence-corrected chi connectivity index (χ1v) is 10.5. The lowest BCUT2D eigenvalue weighted by molar-refractivity contribution is 0.0950. The van der Waals surface area contributed by atoms with Crippen LogP contribution in [0.2, 0.25) is 0 Å². The zero-order valence-corrected chi connectivity index (χ0v) is 18.9. The van der Waals surface area contributed by atoms with Gasteiger partial charge in [0, 0.05) is 36.6 Å². The van der Waals surface area contributed by atoms with Crippen LogP contribution in [-0.4, -0.2) is 61.6 Å². The minimum absolute atomic E-state index is 0.176. The molecule has 0 saturated carbocycles. The molecule has 0 aliphatic carbocycles. The number of hydrogen-bond acceptors (Lipinski definition) is 8. The summed E-state index contributed by atoms with van der Waals surface area (Å²) in [4.78, 5) is 18.9. The number of aromatic nitrogens is 2. The molecule has 0 unspecified atom stereocenters. The van der Waals surface area contributed by atoms with Gasteiger partial charge in [-0.2, -0.15) is 9.36 Å². The zero-order valence-electron chi connectivity index (χ0n) is 18.0. The fourth-order valence-electron chi connectivity index (χ4n) is 2.80. The maximum Gasteiger partial charge on any atom is 0.298 e. The van der Waals surface area contributed by atoms with E-state index in [2.05, 4.69) is 14.7 Å². The molecule has 0 spiro atoms. The van der Waals surface area contributed by atoms with E-state index in [1.165, 1.54) is 0 Å². The van der Waals surface area contributed by atoms with Gasteiger partial charge in [-0.15, -0.1) is 0 Å². The fraction of sp³-hybridized carbons (Fsp3) is 0.318. The Morgan fingerprint density at radius 1 is 1.10 bits per heavy atom. The van der Waals surface area contributed by atoms with Gasteiger partial charge in [-0.3, -0.25) is 4.79 Å². The van der Waals surface area contributed by atoms with Crippen molar-refractivity contribution in [3.8, 4) is 22.4 Å². The highest BCUT2D eigenvalue weighted by molar-refractivity contribution is 7.07. The van der Waals surface area contributed by atoms with Crippen molar-refractivity contribution in [1.82, 2.24) is 19.6 Å². The minimum atomic E-state index is -0.176. The van der Waals surface area contributed by atoms with Gasteiger partial charge in [-0.05, 0) is 50.0 Å². The Kier molecular flexibility index (Phi) is 7.80. The normalized spacial score (nSPS) is 10.7. The van der Waals surface area contributed by atoms with Gasteiger partial charge in [0.05, 0.1) is 14.2 Å². The molecule has 0 bridgehead atoms. The van der Waals surface area contributed by atoms with Crippen molar-refractivity contribution < 1.29 is 19.0 Å². The molecule has 0 fully saturated rings. The summed E-state index contributed by atoms with van der Waals surface area (Å²) in [7, 11) is 7.09. The maximum atomic E-state index is 12.4. The van der Waals surface area contributed by atoms with Gasteiger partial charge >= 0.3 is 0 Å². The van der Waals surface area contributed by atoms with Crippen molar-refractivity contribution in [1.29, 1.82) is 0 Å². The van der Waals surface area contributed by atoms with Crippen LogP contribution in [0.3, 0.4) is 0 Å². The van der Waals surface area contributed by atoms with E-state index in [1.807, 2.05) is 43.3 Å². The number of amides is 1. The lowest BCUT2D eigenvalue weighted by atomic mass is 10.1. The Labute approximate surface area is 185 Å². The van der Waals surface area contributed by atoms with Gasteiger partial charge in [0.1, 0.15) is 5.75 Å². The second-order valence-electron chi connectivity index (χ2n) is 7.03. The first kappa shape index (κ1) is 22.5. The molecule has 1 N–H and O–H groups in total. The average Bonchev–Trinajstić information content (AvgIpc) is 3.20. The van der Waals surface area contributed by atoms with Gasteiger partial charge in [0.25, 0.3) is 11.1 Å². The summed E-state index contributed by atoms with van der Waals surface area (Å²) < 4.78 is 20.9. The lowest BCUT2D eigenvalue weighted by Gasteiger charge is -2.12. The summed E-state index contributed by atoms with van der Waals surface area (Å²) in [5, 5.41) is 3.26. The van der Waals surface area contributed by atoms with Crippen LogP contribution in [0.15, 0.2) is 42.5 Å². The Balaban J connectivity index is 1.70. The second kappa shape index (κ2) is 10.7. The number of carbonyl (C=O) groups excluding carboxylic acids is 1. The molecule has 1 heterocycles. The third-order valence-electron chi connectivity index (χ3n) is 4.41. The van der Waals surface area contributed by atoms with Gasteiger partial charge in [-0.25, -0.2) is 0 Å². The number of benzene rings is 2. The highest BCUT2D eigenvalue weighted by Gasteiger charge is 2.14. The van der Waals surface area contributed by atoms with Crippen molar-refractivity contribution in [2.45, 2.75) is 6.42 Å². The SMILES string of the molecule is COc1cccc(Cc2nsc(Oc3cc(C(=O)NCCN(C)C)ccc3OC)n2)c1. The molecule has 0 radical (unpaired) electrons. The van der Waals surface area contributed by atoms with Crippen LogP contribution in [0, 0.1) is 0 Å². The maximum absolute atomic E-state index is 12.4. The van der Waals surface area contributed by atoms with Gasteiger partial charge < -0.3 is 24.4 Å². The van der Waals surface area contributed by atoms with Gasteiger partial charge in [-0.1, -0.05) is 12.1 Å². The topological polar surface area (TPSA) is 85.8 Å². The number of ether oxygens (including phenoxy) is 3. The molecule has 31 heavy (non-hydrogen) atoms. The predicted octanol–water partition coefficient (Wildman–Crippen LogP) is 3.23. The molecule has 1 amide bonds. The number of hydrogen-bond donors (Lipinski definition) is 1. The van der Waals surface area contributed by atoms with Crippen molar-refractivity contribution in [2.75, 3.05) is 41.4 Å². The van der Waals surface area contributed by atoms with Crippen molar-refractivity contribution in [2.24, 2.45) is 0 Å². The molecular formula is C22H26N4O4S. The summed E-state index contributed by atoms with van der Waals surface area (Å²) in [5.74, 6) is 2.17. The fourth-order valence-corrected chi connectivity index (χ4v) is 3.37. The van der Waals surface area contributed by atoms with E-state index in [0.29, 0.717) is 41.0 Å². The standard InChI is InChI=1S/C22H26N4O4S/c1-26(2)11-10-23-21(27)16-8-9-18(29-4)19(14-16)30-22-24-20(25-31-22)13-15-6-5-7-17(12-15)28-3/h5-9,12,14H,10-11,13H2,1-4H3,(H,23,27). The first-order valence-electron chi connectivity index (χ1n) is 9.73. The number of rotatable bonds is 10. The Morgan fingerprint density at radius 2 is 1.94 bits per heavy atom. The molecular weight excluding hydrogens is 416 g/mol. The van der Waals surface area contributed by atoms with E-state index >= 15 is 0 Å². The summed E-state index contributed by atoms with van der Waals surface area (Å²) in [6, 6.07) is 12.8. The van der Waals surface area contributed by atoms with Crippen LogP contribution < -0.4 is 19.5 Å². The minimum Gasteiger partial charge on any atom is -0.497 e. The highest BCUT2D eigenvalue weighted by Crippen LogP contribution is 2.33. The molecule has 0 atom stereocenters. The van der Waals surface area contributed by atoms with Gasteiger partial charge in [0.15, 0.2) is 17.3 Å². The highest BCUT2D eigenvalue weighted by atomic mass is 32.1. The smallest absolute Gasteiger partial charge is 0.298 e. The molecule has 3 rings (SSSR count). The van der Waals surface area contributed by atoms with E-state index in [-0.39, 0.29) is 5.91 Å². The van der Waals surface area contributed by atoms with Crippen molar-refractivity contribution in [3.63, 3.8) is 0 Å². The molecule has 0 aliphatic rings. The predicted molar refractivity (Wildman–Crippen MR) is 120 cm³/mol. The largest absolute Gasteiger partial charge is 0.497 e.